The Balaban J connectivity index is 1.71. The molecule has 0 bridgehead atoms. The lowest BCUT2D eigenvalue weighted by Crippen LogP contribution is -2.49. The summed E-state index contributed by atoms with van der Waals surface area (Å²) < 4.78 is 0. The SMILES string of the molecule is C/C=C1\C(=O)C[C@H]2[C@H]3CC=C4C[C@@H](O)CC[C@]4(C)[C@@H]3CC[C@@]12C. The van der Waals surface area contributed by atoms with Crippen LogP contribution in [0.25, 0.3) is 0 Å². The third-order valence-electron chi connectivity index (χ3n) is 8.08. The highest BCUT2D eigenvalue weighted by Gasteiger charge is 2.59. The third kappa shape index (κ3) is 2.00. The van der Waals surface area contributed by atoms with Gasteiger partial charge in [0.2, 0.25) is 0 Å². The van der Waals surface area contributed by atoms with E-state index >= 15 is 0 Å². The lowest BCUT2D eigenvalue weighted by Gasteiger charge is -2.57. The summed E-state index contributed by atoms with van der Waals surface area (Å²) in [5, 5.41) is 10.1. The van der Waals surface area contributed by atoms with E-state index < -0.39 is 0 Å². The molecule has 3 fully saturated rings. The Morgan fingerprint density at radius 2 is 1.87 bits per heavy atom. The first kappa shape index (κ1) is 15.6. The summed E-state index contributed by atoms with van der Waals surface area (Å²) >= 11 is 0. The zero-order valence-electron chi connectivity index (χ0n) is 14.8. The Bertz CT molecular complexity index is 601. The molecule has 23 heavy (non-hydrogen) atoms. The van der Waals surface area contributed by atoms with Crippen LogP contribution >= 0.6 is 0 Å². The van der Waals surface area contributed by atoms with Crippen LogP contribution in [-0.4, -0.2) is 17.0 Å². The van der Waals surface area contributed by atoms with Crippen molar-refractivity contribution in [3.63, 3.8) is 0 Å². The quantitative estimate of drug-likeness (QED) is 0.530. The number of rotatable bonds is 0. The van der Waals surface area contributed by atoms with Crippen molar-refractivity contribution in [1.29, 1.82) is 0 Å². The fraction of sp³-hybridized carbons (Fsp3) is 0.762. The van der Waals surface area contributed by atoms with Gasteiger partial charge >= 0.3 is 0 Å². The van der Waals surface area contributed by atoms with E-state index in [1.165, 1.54) is 12.0 Å². The van der Waals surface area contributed by atoms with Crippen molar-refractivity contribution in [2.24, 2.45) is 28.6 Å². The molecule has 4 aliphatic carbocycles. The van der Waals surface area contributed by atoms with Gasteiger partial charge in [0.25, 0.3) is 0 Å². The minimum absolute atomic E-state index is 0.114. The maximum Gasteiger partial charge on any atom is 0.159 e. The monoisotopic (exact) mass is 314 g/mol. The Kier molecular flexibility index (Phi) is 3.43. The lowest BCUT2D eigenvalue weighted by atomic mass is 9.48. The molecule has 0 saturated heterocycles. The molecule has 4 rings (SSSR count). The highest BCUT2D eigenvalue weighted by molar-refractivity contribution is 5.99. The summed E-state index contributed by atoms with van der Waals surface area (Å²) in [6, 6.07) is 0. The summed E-state index contributed by atoms with van der Waals surface area (Å²) in [4.78, 5) is 12.5. The highest BCUT2D eigenvalue weighted by atomic mass is 16.3. The first-order valence-corrected chi connectivity index (χ1v) is 9.47. The summed E-state index contributed by atoms with van der Waals surface area (Å²) in [6.07, 6.45) is 11.6. The van der Waals surface area contributed by atoms with Crippen molar-refractivity contribution in [2.45, 2.75) is 71.8 Å². The second-order valence-corrected chi connectivity index (χ2v) is 8.94. The number of carbonyl (C=O) groups excluding carboxylic acids is 1. The molecule has 4 aliphatic rings. The van der Waals surface area contributed by atoms with Crippen LogP contribution in [0.1, 0.15) is 65.7 Å². The predicted octanol–water partition coefficient (Wildman–Crippen LogP) is 4.44. The van der Waals surface area contributed by atoms with E-state index in [-0.39, 0.29) is 16.9 Å². The number of hydrogen-bond acceptors (Lipinski definition) is 2. The van der Waals surface area contributed by atoms with Gasteiger partial charge in [-0.15, -0.1) is 0 Å². The molecule has 0 aromatic heterocycles. The summed E-state index contributed by atoms with van der Waals surface area (Å²) in [7, 11) is 0. The first-order chi connectivity index (χ1) is 10.9. The normalized spacial score (nSPS) is 51.0. The van der Waals surface area contributed by atoms with Crippen LogP contribution in [0.3, 0.4) is 0 Å². The lowest BCUT2D eigenvalue weighted by molar-refractivity contribution is -0.115. The molecule has 126 valence electrons. The number of allylic oxidation sites excluding steroid dienone is 3. The van der Waals surface area contributed by atoms with Crippen LogP contribution in [0.4, 0.5) is 0 Å². The summed E-state index contributed by atoms with van der Waals surface area (Å²) in [5.74, 6) is 2.29. The van der Waals surface area contributed by atoms with Crippen molar-refractivity contribution >= 4 is 5.78 Å². The molecular formula is C21H30O2. The second-order valence-electron chi connectivity index (χ2n) is 8.94. The van der Waals surface area contributed by atoms with Gasteiger partial charge in [-0.3, -0.25) is 4.79 Å². The third-order valence-corrected chi connectivity index (χ3v) is 8.08. The molecule has 0 aromatic rings. The van der Waals surface area contributed by atoms with Gasteiger partial charge in [0, 0.05) is 6.42 Å². The number of fused-ring (bicyclic) bond motifs is 5. The smallest absolute Gasteiger partial charge is 0.159 e. The van der Waals surface area contributed by atoms with E-state index in [1.54, 1.807) is 0 Å². The largest absolute Gasteiger partial charge is 0.393 e. The molecule has 3 saturated carbocycles. The molecule has 2 nitrogen and oxygen atoms in total. The van der Waals surface area contributed by atoms with Gasteiger partial charge in [-0.05, 0) is 79.6 Å². The predicted molar refractivity (Wildman–Crippen MR) is 91.9 cm³/mol. The first-order valence-electron chi connectivity index (χ1n) is 9.47. The van der Waals surface area contributed by atoms with Crippen LogP contribution < -0.4 is 0 Å². The van der Waals surface area contributed by atoms with E-state index in [2.05, 4.69) is 26.0 Å². The average molecular weight is 314 g/mol. The molecule has 6 atom stereocenters. The van der Waals surface area contributed by atoms with Crippen LogP contribution in [0.15, 0.2) is 23.3 Å². The summed E-state index contributed by atoms with van der Waals surface area (Å²) in [5.41, 5.74) is 3.00. The Morgan fingerprint density at radius 3 is 2.61 bits per heavy atom. The number of ketones is 1. The number of Topliss-reactive ketones (excluding diaryl/α,β-unsaturated/α-hetero) is 1. The Hall–Kier alpha value is -0.890. The zero-order valence-corrected chi connectivity index (χ0v) is 14.8. The molecule has 2 heteroatoms. The van der Waals surface area contributed by atoms with Gasteiger partial charge in [0.05, 0.1) is 6.10 Å². The molecule has 0 spiro atoms. The van der Waals surface area contributed by atoms with E-state index in [4.69, 9.17) is 0 Å². The van der Waals surface area contributed by atoms with Crippen LogP contribution in [0, 0.1) is 28.6 Å². The minimum atomic E-state index is -0.137. The fourth-order valence-electron chi connectivity index (χ4n) is 6.79. The number of aliphatic hydroxyl groups excluding tert-OH is 1. The maximum atomic E-state index is 12.5. The molecular weight excluding hydrogens is 284 g/mol. The number of hydrogen-bond donors (Lipinski definition) is 1. The van der Waals surface area contributed by atoms with E-state index in [0.29, 0.717) is 23.5 Å². The number of aliphatic hydroxyl groups is 1. The van der Waals surface area contributed by atoms with E-state index in [0.717, 1.165) is 44.1 Å². The zero-order chi connectivity index (χ0) is 16.4. The van der Waals surface area contributed by atoms with Crippen LogP contribution in [0.2, 0.25) is 0 Å². The van der Waals surface area contributed by atoms with Crippen molar-refractivity contribution in [3.8, 4) is 0 Å². The molecule has 0 radical (unpaired) electrons. The van der Waals surface area contributed by atoms with Gasteiger partial charge in [-0.1, -0.05) is 31.6 Å². The molecule has 0 aromatic carbocycles. The van der Waals surface area contributed by atoms with E-state index in [9.17, 15) is 9.90 Å². The Morgan fingerprint density at radius 1 is 1.13 bits per heavy atom. The van der Waals surface area contributed by atoms with Gasteiger partial charge in [-0.25, -0.2) is 0 Å². The van der Waals surface area contributed by atoms with Gasteiger partial charge in [0.1, 0.15) is 0 Å². The van der Waals surface area contributed by atoms with Crippen molar-refractivity contribution in [2.75, 3.05) is 0 Å². The van der Waals surface area contributed by atoms with Crippen LogP contribution in [-0.2, 0) is 4.79 Å². The van der Waals surface area contributed by atoms with Crippen LogP contribution in [0.5, 0.6) is 0 Å². The molecule has 0 amide bonds. The number of carbonyl (C=O) groups is 1. The van der Waals surface area contributed by atoms with Crippen molar-refractivity contribution < 1.29 is 9.90 Å². The molecule has 0 unspecified atom stereocenters. The molecule has 0 heterocycles. The van der Waals surface area contributed by atoms with E-state index in [1.807, 2.05) is 6.92 Å². The minimum Gasteiger partial charge on any atom is -0.393 e. The van der Waals surface area contributed by atoms with Gasteiger partial charge < -0.3 is 5.11 Å². The van der Waals surface area contributed by atoms with Crippen molar-refractivity contribution in [1.82, 2.24) is 0 Å². The summed E-state index contributed by atoms with van der Waals surface area (Å²) in [6.45, 7) is 6.83. The maximum absolute atomic E-state index is 12.5. The fourth-order valence-corrected chi connectivity index (χ4v) is 6.79. The van der Waals surface area contributed by atoms with Gasteiger partial charge in [-0.2, -0.15) is 0 Å². The van der Waals surface area contributed by atoms with Crippen molar-refractivity contribution in [3.05, 3.63) is 23.3 Å². The standard InChI is InChI=1S/C21H30O2/c1-4-16-19(23)12-18-15-6-5-13-11-14(22)7-9-20(13,2)17(15)8-10-21(16,18)3/h4-5,14-15,17-18,22H,6-12H2,1-3H3/b16-4+/t14-,15-,17+,18-,20-,21-/m0/s1. The topological polar surface area (TPSA) is 37.3 Å². The second kappa shape index (κ2) is 5.05. The average Bonchev–Trinajstić information content (AvgIpc) is 2.77. The highest BCUT2D eigenvalue weighted by Crippen LogP contribution is 2.65. The Labute approximate surface area is 140 Å². The van der Waals surface area contributed by atoms with Gasteiger partial charge in [0.15, 0.2) is 5.78 Å². The molecule has 1 N–H and O–H groups in total. The molecule has 0 aliphatic heterocycles.